The molecule has 2 atom stereocenters. The van der Waals surface area contributed by atoms with Crippen LogP contribution in [-0.2, 0) is 14.3 Å². The number of ketones is 1. The topological polar surface area (TPSA) is 75.7 Å². The van der Waals surface area contributed by atoms with Crippen LogP contribution in [0, 0.1) is 0 Å². The van der Waals surface area contributed by atoms with Crippen LogP contribution in [0.3, 0.4) is 0 Å². The number of nitrogens with one attached hydrogen (secondary N) is 1. The molecule has 162 valence electrons. The van der Waals surface area contributed by atoms with Gasteiger partial charge in [-0.05, 0) is 38.6 Å². The monoisotopic (exact) mass is 438 g/mol. The van der Waals surface area contributed by atoms with Gasteiger partial charge in [0.2, 0.25) is 11.7 Å². The van der Waals surface area contributed by atoms with Gasteiger partial charge in [-0.1, -0.05) is 36.4 Å². The maximum Gasteiger partial charge on any atom is 0.314 e. The van der Waals surface area contributed by atoms with Crippen molar-refractivity contribution in [3.8, 4) is 0 Å². The second-order valence-electron chi connectivity index (χ2n) is 7.49. The Bertz CT molecular complexity index is 1010. The molecule has 0 saturated carbocycles. The lowest BCUT2D eigenvalue weighted by molar-refractivity contribution is -0.149. The van der Waals surface area contributed by atoms with Crippen LogP contribution in [0.15, 0.2) is 66.5 Å². The largest absolute Gasteiger partial charge is 0.460 e. The summed E-state index contributed by atoms with van der Waals surface area (Å²) in [5, 5.41) is 2.81. The summed E-state index contributed by atoms with van der Waals surface area (Å²) in [6, 6.07) is 12.6. The Hall–Kier alpha value is -3.19. The predicted molar refractivity (Wildman–Crippen MR) is 121 cm³/mol. The van der Waals surface area contributed by atoms with Crippen LogP contribution < -0.4 is 5.32 Å². The number of allylic oxidation sites excluding steroid dienone is 1. The fourth-order valence-electron chi connectivity index (χ4n) is 3.09. The molecular weight excluding hydrogens is 412 g/mol. The van der Waals surface area contributed by atoms with Gasteiger partial charge in [-0.25, -0.2) is 0 Å². The highest BCUT2D eigenvalue weighted by atomic mass is 32.1. The van der Waals surface area contributed by atoms with E-state index in [9.17, 15) is 14.4 Å². The highest BCUT2D eigenvalue weighted by molar-refractivity contribution is 7.14. The Morgan fingerprint density at radius 3 is 2.58 bits per heavy atom. The lowest BCUT2D eigenvalue weighted by Gasteiger charge is -2.19. The molecule has 1 aliphatic heterocycles. The molecule has 0 saturated heterocycles. The number of hydrogen-bond acceptors (Lipinski definition) is 6. The molecule has 2 heterocycles. The van der Waals surface area contributed by atoms with Gasteiger partial charge < -0.3 is 15.0 Å². The van der Waals surface area contributed by atoms with Crippen molar-refractivity contribution < 1.29 is 19.1 Å². The quantitative estimate of drug-likeness (QED) is 0.500. The lowest BCUT2D eigenvalue weighted by Crippen LogP contribution is -2.35. The number of carbonyl (C=O) groups is 3. The molecular formula is C24H26N2O4S. The summed E-state index contributed by atoms with van der Waals surface area (Å²) in [6.07, 6.45) is 5.69. The third-order valence-electron chi connectivity index (χ3n) is 4.86. The van der Waals surface area contributed by atoms with Gasteiger partial charge in [-0.15, -0.1) is 11.3 Å². The van der Waals surface area contributed by atoms with Crippen molar-refractivity contribution in [1.82, 2.24) is 10.2 Å². The van der Waals surface area contributed by atoms with Crippen LogP contribution in [0.4, 0.5) is 0 Å². The minimum absolute atomic E-state index is 0.0639. The zero-order chi connectivity index (χ0) is 22.4. The lowest BCUT2D eigenvalue weighted by atomic mass is 10.1. The van der Waals surface area contributed by atoms with Crippen molar-refractivity contribution in [3.63, 3.8) is 0 Å². The van der Waals surface area contributed by atoms with Crippen molar-refractivity contribution in [3.05, 3.63) is 81.8 Å². The molecule has 7 heteroatoms. The van der Waals surface area contributed by atoms with E-state index in [1.54, 1.807) is 44.3 Å². The van der Waals surface area contributed by atoms with Gasteiger partial charge in [0.15, 0.2) is 0 Å². The molecule has 3 rings (SSSR count). The van der Waals surface area contributed by atoms with Crippen LogP contribution in [0.2, 0.25) is 0 Å². The number of ether oxygens (including phenoxy) is 1. The van der Waals surface area contributed by atoms with Gasteiger partial charge in [0.05, 0.1) is 17.3 Å². The van der Waals surface area contributed by atoms with Crippen LogP contribution >= 0.6 is 11.3 Å². The summed E-state index contributed by atoms with van der Waals surface area (Å²) >= 11 is 1.30. The van der Waals surface area contributed by atoms with Gasteiger partial charge in [-0.3, -0.25) is 14.4 Å². The molecule has 31 heavy (non-hydrogen) atoms. The van der Waals surface area contributed by atoms with Crippen molar-refractivity contribution in [2.75, 3.05) is 13.6 Å². The minimum Gasteiger partial charge on any atom is -0.460 e. The summed E-state index contributed by atoms with van der Waals surface area (Å²) in [4.78, 5) is 40.6. The Labute approximate surface area is 186 Å². The number of rotatable bonds is 8. The SMILES string of the molecule is CC(CNC(=O)C1=CN(C)C=CC1)OC(=O)C(C)c1ccc(C(=O)c2ccccc2)s1. The molecule has 0 bridgehead atoms. The maximum atomic E-state index is 12.6. The Kier molecular flexibility index (Phi) is 7.41. The van der Waals surface area contributed by atoms with Crippen LogP contribution in [0.5, 0.6) is 0 Å². The Morgan fingerprint density at radius 2 is 1.87 bits per heavy atom. The third-order valence-corrected chi connectivity index (χ3v) is 6.13. The molecule has 2 aromatic rings. The number of benzene rings is 1. The average molecular weight is 439 g/mol. The molecule has 0 fully saturated rings. The average Bonchev–Trinajstić information content (AvgIpc) is 3.27. The number of carbonyl (C=O) groups excluding carboxylic acids is 3. The normalized spacial score (nSPS) is 15.1. The Morgan fingerprint density at radius 1 is 1.13 bits per heavy atom. The molecule has 2 unspecified atom stereocenters. The summed E-state index contributed by atoms with van der Waals surface area (Å²) in [6.45, 7) is 3.72. The number of esters is 1. The minimum atomic E-state index is -0.500. The number of nitrogens with zero attached hydrogens (tertiary/aromatic N) is 1. The van der Waals surface area contributed by atoms with E-state index in [1.807, 2.05) is 42.4 Å². The van der Waals surface area contributed by atoms with Crippen molar-refractivity contribution in [1.29, 1.82) is 0 Å². The van der Waals surface area contributed by atoms with Crippen molar-refractivity contribution in [2.24, 2.45) is 0 Å². The summed E-state index contributed by atoms with van der Waals surface area (Å²) < 4.78 is 5.50. The first-order valence-corrected chi connectivity index (χ1v) is 10.9. The van der Waals surface area contributed by atoms with E-state index in [0.717, 1.165) is 4.88 Å². The highest BCUT2D eigenvalue weighted by Gasteiger charge is 2.23. The van der Waals surface area contributed by atoms with Gasteiger partial charge in [0.25, 0.3) is 0 Å². The Balaban J connectivity index is 1.51. The van der Waals surface area contributed by atoms with Gasteiger partial charge in [0.1, 0.15) is 6.10 Å². The van der Waals surface area contributed by atoms with Gasteiger partial charge in [-0.2, -0.15) is 0 Å². The third kappa shape index (κ3) is 5.92. The molecule has 1 aromatic carbocycles. The van der Waals surface area contributed by atoms with Gasteiger partial charge in [0, 0.05) is 29.3 Å². The summed E-state index contributed by atoms with van der Waals surface area (Å²) in [7, 11) is 1.86. The highest BCUT2D eigenvalue weighted by Crippen LogP contribution is 2.27. The van der Waals surface area contributed by atoms with E-state index in [1.165, 1.54) is 11.3 Å². The van der Waals surface area contributed by atoms with Crippen molar-refractivity contribution >= 4 is 29.0 Å². The zero-order valence-electron chi connectivity index (χ0n) is 17.8. The van der Waals surface area contributed by atoms with E-state index in [4.69, 9.17) is 4.74 Å². The first-order valence-electron chi connectivity index (χ1n) is 10.1. The molecule has 6 nitrogen and oxygen atoms in total. The van der Waals surface area contributed by atoms with Crippen LogP contribution in [-0.4, -0.2) is 42.3 Å². The molecule has 0 radical (unpaired) electrons. The standard InChI is InChI=1S/C24H26N2O4S/c1-16(14-25-23(28)19-10-7-13-26(3)15-19)30-24(29)17(2)20-11-12-21(31-20)22(27)18-8-5-4-6-9-18/h4-9,11-13,15-17H,10,14H2,1-3H3,(H,25,28). The van der Waals surface area contributed by atoms with Crippen molar-refractivity contribution in [2.45, 2.75) is 32.3 Å². The first-order chi connectivity index (χ1) is 14.8. The number of thiophene rings is 1. The first kappa shape index (κ1) is 22.5. The molecule has 1 aliphatic rings. The van der Waals surface area contributed by atoms with Crippen LogP contribution in [0.25, 0.3) is 0 Å². The predicted octanol–water partition coefficient (Wildman–Crippen LogP) is 3.86. The fourth-order valence-corrected chi connectivity index (χ4v) is 4.10. The number of amides is 1. The van der Waals surface area contributed by atoms with Crippen LogP contribution in [0.1, 0.15) is 46.3 Å². The second kappa shape index (κ2) is 10.2. The van der Waals surface area contributed by atoms with E-state index < -0.39 is 12.0 Å². The van der Waals surface area contributed by atoms with E-state index >= 15 is 0 Å². The number of hydrogen-bond donors (Lipinski definition) is 1. The van der Waals surface area contributed by atoms with E-state index in [0.29, 0.717) is 22.4 Å². The van der Waals surface area contributed by atoms with Gasteiger partial charge >= 0.3 is 5.97 Å². The molecule has 0 spiro atoms. The molecule has 1 aromatic heterocycles. The second-order valence-corrected chi connectivity index (χ2v) is 8.60. The smallest absolute Gasteiger partial charge is 0.314 e. The molecule has 1 N–H and O–H groups in total. The zero-order valence-corrected chi connectivity index (χ0v) is 18.6. The molecule has 0 aliphatic carbocycles. The molecule has 1 amide bonds. The maximum absolute atomic E-state index is 12.6. The summed E-state index contributed by atoms with van der Waals surface area (Å²) in [5.41, 5.74) is 1.27. The summed E-state index contributed by atoms with van der Waals surface area (Å²) in [5.74, 6) is -1.12. The van der Waals surface area contributed by atoms with E-state index in [-0.39, 0.29) is 24.2 Å². The van der Waals surface area contributed by atoms with E-state index in [2.05, 4.69) is 5.32 Å². The fraction of sp³-hybridized carbons (Fsp3) is 0.292.